The van der Waals surface area contributed by atoms with Crippen LogP contribution in [0.25, 0.3) is 0 Å². The zero-order valence-electron chi connectivity index (χ0n) is 8.04. The fraction of sp³-hybridized carbons (Fsp3) is 0.889. The topological polar surface area (TPSA) is 60.4 Å². The van der Waals surface area contributed by atoms with Crippen LogP contribution >= 0.6 is 0 Å². The van der Waals surface area contributed by atoms with Gasteiger partial charge >= 0.3 is 6.03 Å². The van der Waals surface area contributed by atoms with E-state index >= 15 is 0 Å². The van der Waals surface area contributed by atoms with Crippen molar-refractivity contribution in [3.8, 4) is 0 Å². The third-order valence-corrected chi connectivity index (χ3v) is 2.35. The van der Waals surface area contributed by atoms with Gasteiger partial charge < -0.3 is 10.6 Å². The van der Waals surface area contributed by atoms with Gasteiger partial charge in [0.15, 0.2) is 0 Å². The monoisotopic (exact) mass is 184 g/mol. The molecule has 0 aliphatic carbocycles. The van der Waals surface area contributed by atoms with Crippen molar-refractivity contribution >= 4 is 6.03 Å². The van der Waals surface area contributed by atoms with E-state index in [4.69, 9.17) is 5.73 Å². The number of amides is 2. The lowest BCUT2D eigenvalue weighted by atomic mass is 10.3. The molecule has 1 rings (SSSR count). The quantitative estimate of drug-likeness (QED) is 0.634. The average molecular weight is 184 g/mol. The fourth-order valence-corrected chi connectivity index (χ4v) is 1.64. The van der Waals surface area contributed by atoms with Gasteiger partial charge in [-0.3, -0.25) is 0 Å². The molecule has 0 bridgehead atoms. The van der Waals surface area contributed by atoms with Crippen LogP contribution in [0.4, 0.5) is 4.79 Å². The first-order valence-electron chi connectivity index (χ1n) is 4.98. The maximum atomic E-state index is 10.3. The van der Waals surface area contributed by atoms with E-state index in [0.29, 0.717) is 6.54 Å². The van der Waals surface area contributed by atoms with Gasteiger partial charge in [0.05, 0.1) is 0 Å². The standard InChI is InChI=1S/C9H18N3O/c10-9(13)11-5-1-2-6-12-7-3-4-8-12/h1-8H2,(H2,10,13). The Morgan fingerprint density at radius 3 is 2.62 bits per heavy atom. The van der Waals surface area contributed by atoms with Crippen molar-refractivity contribution in [2.45, 2.75) is 25.7 Å². The van der Waals surface area contributed by atoms with E-state index in [9.17, 15) is 4.79 Å². The Morgan fingerprint density at radius 1 is 1.31 bits per heavy atom. The molecule has 1 heterocycles. The van der Waals surface area contributed by atoms with Crippen LogP contribution in [0.2, 0.25) is 0 Å². The number of unbranched alkanes of at least 4 members (excludes halogenated alkanes) is 1. The summed E-state index contributed by atoms with van der Waals surface area (Å²) in [4.78, 5) is 12.7. The number of likely N-dealkylation sites (tertiary alicyclic amines) is 1. The molecule has 0 aromatic heterocycles. The second kappa shape index (κ2) is 5.80. The van der Waals surface area contributed by atoms with Crippen LogP contribution in [0.3, 0.4) is 0 Å². The van der Waals surface area contributed by atoms with Crippen LogP contribution < -0.4 is 11.1 Å². The first-order chi connectivity index (χ1) is 6.29. The minimum Gasteiger partial charge on any atom is -0.350 e. The predicted molar refractivity (Wildman–Crippen MR) is 51.5 cm³/mol. The molecular formula is C9H18N3O. The van der Waals surface area contributed by atoms with E-state index in [0.717, 1.165) is 19.4 Å². The number of nitrogens with two attached hydrogens (primary N) is 1. The molecule has 0 spiro atoms. The SMILES string of the molecule is NC(=O)[N]CCCCN1CCCC1. The Kier molecular flexibility index (Phi) is 4.60. The number of urea groups is 1. The number of primary amides is 1. The fourth-order valence-electron chi connectivity index (χ4n) is 1.64. The van der Waals surface area contributed by atoms with Crippen molar-refractivity contribution < 1.29 is 4.79 Å². The summed E-state index contributed by atoms with van der Waals surface area (Å²) < 4.78 is 0. The van der Waals surface area contributed by atoms with E-state index in [1.807, 2.05) is 0 Å². The lowest BCUT2D eigenvalue weighted by molar-refractivity contribution is 0.247. The van der Waals surface area contributed by atoms with E-state index in [2.05, 4.69) is 10.2 Å². The lowest BCUT2D eigenvalue weighted by Crippen LogP contribution is -2.25. The summed E-state index contributed by atoms with van der Waals surface area (Å²) in [7, 11) is 0. The zero-order valence-corrected chi connectivity index (χ0v) is 8.04. The molecule has 2 N–H and O–H groups in total. The van der Waals surface area contributed by atoms with Crippen LogP contribution in [0.1, 0.15) is 25.7 Å². The smallest absolute Gasteiger partial charge is 0.333 e. The molecule has 4 heteroatoms. The molecule has 2 amide bonds. The van der Waals surface area contributed by atoms with Gasteiger partial charge in [-0.2, -0.15) is 0 Å². The normalized spacial score (nSPS) is 17.5. The molecule has 4 nitrogen and oxygen atoms in total. The van der Waals surface area contributed by atoms with Crippen molar-refractivity contribution in [1.82, 2.24) is 10.2 Å². The summed E-state index contributed by atoms with van der Waals surface area (Å²) in [5, 5.41) is 3.61. The molecule has 0 aromatic carbocycles. The Morgan fingerprint density at radius 2 is 2.00 bits per heavy atom. The number of rotatable bonds is 5. The summed E-state index contributed by atoms with van der Waals surface area (Å²) in [5.41, 5.74) is 4.88. The van der Waals surface area contributed by atoms with Gasteiger partial charge in [0, 0.05) is 6.54 Å². The molecule has 0 atom stereocenters. The Labute approximate surface area is 79.5 Å². The predicted octanol–water partition coefficient (Wildman–Crippen LogP) is 0.545. The maximum absolute atomic E-state index is 10.3. The molecule has 1 radical (unpaired) electrons. The molecule has 75 valence electrons. The van der Waals surface area contributed by atoms with Crippen LogP contribution in [0.15, 0.2) is 0 Å². The maximum Gasteiger partial charge on any atom is 0.333 e. The van der Waals surface area contributed by atoms with E-state index in [1.165, 1.54) is 25.9 Å². The van der Waals surface area contributed by atoms with Gasteiger partial charge in [-0.05, 0) is 45.3 Å². The molecule has 1 aliphatic rings. The molecule has 1 saturated heterocycles. The average Bonchev–Trinajstić information content (AvgIpc) is 2.55. The van der Waals surface area contributed by atoms with Gasteiger partial charge in [0.1, 0.15) is 0 Å². The summed E-state index contributed by atoms with van der Waals surface area (Å²) in [6.45, 7) is 4.22. The van der Waals surface area contributed by atoms with E-state index in [-0.39, 0.29) is 0 Å². The number of carbonyl (C=O) groups excluding carboxylic acids is 1. The first-order valence-corrected chi connectivity index (χ1v) is 4.98. The van der Waals surface area contributed by atoms with Crippen molar-refractivity contribution in [3.63, 3.8) is 0 Å². The Hall–Kier alpha value is -0.770. The summed E-state index contributed by atoms with van der Waals surface area (Å²) in [6.07, 6.45) is 4.77. The molecule has 1 fully saturated rings. The van der Waals surface area contributed by atoms with Gasteiger partial charge in [-0.15, -0.1) is 0 Å². The van der Waals surface area contributed by atoms with E-state index in [1.54, 1.807) is 0 Å². The van der Waals surface area contributed by atoms with Gasteiger partial charge in [-0.1, -0.05) is 0 Å². The molecule has 13 heavy (non-hydrogen) atoms. The third-order valence-electron chi connectivity index (χ3n) is 2.35. The molecule has 0 aromatic rings. The molecule has 0 unspecified atom stereocenters. The number of hydrogen-bond donors (Lipinski definition) is 1. The minimum absolute atomic E-state index is 0.541. The number of nitrogens with zero attached hydrogens (tertiary/aromatic N) is 2. The van der Waals surface area contributed by atoms with Crippen LogP contribution in [0.5, 0.6) is 0 Å². The van der Waals surface area contributed by atoms with Crippen LogP contribution in [0, 0.1) is 0 Å². The molecule has 0 saturated carbocycles. The van der Waals surface area contributed by atoms with Gasteiger partial charge in [0.2, 0.25) is 0 Å². The van der Waals surface area contributed by atoms with E-state index < -0.39 is 6.03 Å². The van der Waals surface area contributed by atoms with Crippen molar-refractivity contribution in [2.24, 2.45) is 5.73 Å². The van der Waals surface area contributed by atoms with Gasteiger partial charge in [-0.25, -0.2) is 10.1 Å². The summed E-state index contributed by atoms with van der Waals surface area (Å²) >= 11 is 0. The number of carbonyl (C=O) groups is 1. The molecular weight excluding hydrogens is 166 g/mol. The van der Waals surface area contributed by atoms with Gasteiger partial charge in [0.25, 0.3) is 0 Å². The first kappa shape index (κ1) is 10.3. The van der Waals surface area contributed by atoms with Crippen LogP contribution in [-0.2, 0) is 0 Å². The highest BCUT2D eigenvalue weighted by molar-refractivity contribution is 5.71. The second-order valence-corrected chi connectivity index (χ2v) is 3.48. The van der Waals surface area contributed by atoms with Crippen molar-refractivity contribution in [3.05, 3.63) is 0 Å². The largest absolute Gasteiger partial charge is 0.350 e. The summed E-state index contributed by atoms with van der Waals surface area (Å²) in [5.74, 6) is 0. The highest BCUT2D eigenvalue weighted by Crippen LogP contribution is 2.07. The van der Waals surface area contributed by atoms with Crippen LogP contribution in [-0.4, -0.2) is 37.1 Å². The van der Waals surface area contributed by atoms with Crippen molar-refractivity contribution in [2.75, 3.05) is 26.2 Å². The molecule has 1 aliphatic heterocycles. The number of hydrogen-bond acceptors (Lipinski definition) is 2. The highest BCUT2D eigenvalue weighted by atomic mass is 16.2. The second-order valence-electron chi connectivity index (χ2n) is 3.48. The Balaban J connectivity index is 1.86. The Bertz CT molecular complexity index is 155. The minimum atomic E-state index is -0.541. The lowest BCUT2D eigenvalue weighted by Gasteiger charge is -2.13. The van der Waals surface area contributed by atoms with Crippen molar-refractivity contribution in [1.29, 1.82) is 0 Å². The third kappa shape index (κ3) is 4.72. The summed E-state index contributed by atoms with van der Waals surface area (Å²) in [6, 6.07) is -0.541. The highest BCUT2D eigenvalue weighted by Gasteiger charge is 2.09. The zero-order chi connectivity index (χ0) is 9.52.